The predicted octanol–water partition coefficient (Wildman–Crippen LogP) is 2.77. The average molecular weight is 435 g/mol. The molecule has 2 fully saturated rings. The number of fused-ring (bicyclic) bond motifs is 1. The van der Waals surface area contributed by atoms with Crippen molar-refractivity contribution in [3.63, 3.8) is 0 Å². The molecule has 2 aliphatic rings. The summed E-state index contributed by atoms with van der Waals surface area (Å²) in [6, 6.07) is 13.9. The van der Waals surface area contributed by atoms with E-state index in [0.717, 1.165) is 69.4 Å². The Balaban J connectivity index is 1.15. The zero-order valence-electron chi connectivity index (χ0n) is 18.5. The summed E-state index contributed by atoms with van der Waals surface area (Å²) in [7, 11) is 0. The number of ether oxygens (including phenoxy) is 1. The Bertz CT molecular complexity index is 1050. The monoisotopic (exact) mass is 434 g/mol. The molecule has 0 aliphatic carbocycles. The Morgan fingerprint density at radius 2 is 1.78 bits per heavy atom. The van der Waals surface area contributed by atoms with Gasteiger partial charge in [-0.1, -0.05) is 6.07 Å². The zero-order chi connectivity index (χ0) is 21.9. The van der Waals surface area contributed by atoms with Crippen molar-refractivity contribution >= 4 is 22.9 Å². The van der Waals surface area contributed by atoms with Gasteiger partial charge in [-0.3, -0.25) is 14.1 Å². The van der Waals surface area contributed by atoms with Gasteiger partial charge in [-0.05, 0) is 69.3 Å². The smallest absolute Gasteiger partial charge is 0.241 e. The van der Waals surface area contributed by atoms with E-state index in [-0.39, 0.29) is 11.9 Å². The molecule has 0 bridgehead atoms. The number of carbonyl (C=O) groups excluding carboxylic acids is 1. The van der Waals surface area contributed by atoms with Crippen LogP contribution in [0.15, 0.2) is 48.7 Å². The van der Waals surface area contributed by atoms with Crippen molar-refractivity contribution in [1.29, 1.82) is 0 Å². The number of likely N-dealkylation sites (tertiary alicyclic amines) is 1. The van der Waals surface area contributed by atoms with Gasteiger partial charge < -0.3 is 15.0 Å². The molecule has 1 unspecified atom stereocenters. The third kappa shape index (κ3) is 4.33. The lowest BCUT2D eigenvalue weighted by Gasteiger charge is -2.34. The van der Waals surface area contributed by atoms with E-state index in [2.05, 4.69) is 41.8 Å². The van der Waals surface area contributed by atoms with Crippen molar-refractivity contribution in [1.82, 2.24) is 19.5 Å². The molecule has 2 saturated heterocycles. The van der Waals surface area contributed by atoms with E-state index in [1.54, 1.807) is 0 Å². The van der Waals surface area contributed by atoms with Crippen molar-refractivity contribution < 1.29 is 9.53 Å². The Labute approximate surface area is 188 Å². The number of amides is 1. The minimum absolute atomic E-state index is 0.0375. The molecule has 1 aromatic carbocycles. The van der Waals surface area contributed by atoms with Crippen LogP contribution in [0.5, 0.6) is 0 Å². The van der Waals surface area contributed by atoms with Crippen LogP contribution in [0.25, 0.3) is 5.65 Å². The number of aromatic nitrogens is 3. The number of piperidine rings is 1. The van der Waals surface area contributed by atoms with Crippen molar-refractivity contribution in [2.75, 3.05) is 49.6 Å². The Morgan fingerprint density at radius 3 is 2.53 bits per heavy atom. The number of hydrogen-bond donors (Lipinski definition) is 1. The number of carbonyl (C=O) groups is 1. The first-order valence-electron chi connectivity index (χ1n) is 11.5. The molecule has 2 aliphatic heterocycles. The summed E-state index contributed by atoms with van der Waals surface area (Å²) >= 11 is 0. The lowest BCUT2D eigenvalue weighted by molar-refractivity contribution is -0.121. The van der Waals surface area contributed by atoms with Gasteiger partial charge in [0.1, 0.15) is 5.82 Å². The van der Waals surface area contributed by atoms with Crippen molar-refractivity contribution in [3.05, 3.63) is 54.5 Å². The number of nitrogens with one attached hydrogen (secondary N) is 1. The van der Waals surface area contributed by atoms with Crippen LogP contribution in [0.2, 0.25) is 0 Å². The van der Waals surface area contributed by atoms with Gasteiger partial charge in [-0.25, -0.2) is 0 Å². The van der Waals surface area contributed by atoms with E-state index in [1.807, 2.05) is 43.5 Å². The van der Waals surface area contributed by atoms with Crippen molar-refractivity contribution in [2.24, 2.45) is 0 Å². The van der Waals surface area contributed by atoms with Crippen molar-refractivity contribution in [3.8, 4) is 0 Å². The molecule has 0 saturated carbocycles. The van der Waals surface area contributed by atoms with Gasteiger partial charge >= 0.3 is 0 Å². The van der Waals surface area contributed by atoms with Gasteiger partial charge in [0.15, 0.2) is 5.65 Å². The van der Waals surface area contributed by atoms with Crippen LogP contribution in [-0.4, -0.2) is 70.8 Å². The number of pyridine rings is 1. The normalized spacial score (nSPS) is 19.2. The van der Waals surface area contributed by atoms with Crippen LogP contribution in [0.3, 0.4) is 0 Å². The molecule has 5 rings (SSSR count). The summed E-state index contributed by atoms with van der Waals surface area (Å²) < 4.78 is 7.50. The van der Waals surface area contributed by atoms with E-state index < -0.39 is 0 Å². The van der Waals surface area contributed by atoms with E-state index >= 15 is 0 Å². The Kier molecular flexibility index (Phi) is 6.05. The molecule has 1 atom stereocenters. The number of benzene rings is 1. The van der Waals surface area contributed by atoms with E-state index in [1.165, 1.54) is 5.69 Å². The first-order valence-corrected chi connectivity index (χ1v) is 11.5. The highest BCUT2D eigenvalue weighted by Gasteiger charge is 2.29. The molecule has 0 radical (unpaired) electrons. The first-order chi connectivity index (χ1) is 15.7. The topological polar surface area (TPSA) is 75.0 Å². The van der Waals surface area contributed by atoms with Gasteiger partial charge in [0.25, 0.3) is 0 Å². The molecule has 168 valence electrons. The molecule has 3 aromatic rings. The third-order valence-corrected chi connectivity index (χ3v) is 6.67. The molecular weight excluding hydrogens is 404 g/mol. The molecule has 1 N–H and O–H groups in total. The molecule has 4 heterocycles. The summed E-state index contributed by atoms with van der Waals surface area (Å²) in [5.74, 6) is 1.43. The fourth-order valence-electron chi connectivity index (χ4n) is 4.67. The van der Waals surface area contributed by atoms with E-state index in [4.69, 9.17) is 4.74 Å². The fraction of sp³-hybridized carbons (Fsp3) is 0.458. The average Bonchev–Trinajstić information content (AvgIpc) is 3.29. The second-order valence-corrected chi connectivity index (χ2v) is 8.61. The third-order valence-electron chi connectivity index (χ3n) is 6.67. The van der Waals surface area contributed by atoms with Gasteiger partial charge in [0, 0.05) is 36.6 Å². The maximum atomic E-state index is 12.9. The highest BCUT2D eigenvalue weighted by molar-refractivity contribution is 5.94. The fourth-order valence-corrected chi connectivity index (χ4v) is 4.67. The molecule has 8 nitrogen and oxygen atoms in total. The van der Waals surface area contributed by atoms with Crippen molar-refractivity contribution in [2.45, 2.75) is 31.7 Å². The quantitative estimate of drug-likeness (QED) is 0.666. The standard InChI is InChI=1S/C24H30N6O2/c1-18(24(31)25-20-5-7-21(8-6-20)29-14-16-32-17-15-29)28-12-9-19(10-13-28)23-27-26-22-4-2-3-11-30(22)23/h2-8,11,18-19H,9-10,12-17H2,1H3,(H,25,31). The molecule has 1 amide bonds. The highest BCUT2D eigenvalue weighted by atomic mass is 16.5. The van der Waals surface area contributed by atoms with Crippen LogP contribution in [0, 0.1) is 0 Å². The van der Waals surface area contributed by atoms with Gasteiger partial charge in [0.2, 0.25) is 5.91 Å². The number of nitrogens with zero attached hydrogens (tertiary/aromatic N) is 5. The summed E-state index contributed by atoms with van der Waals surface area (Å²) in [6.07, 6.45) is 3.97. The highest BCUT2D eigenvalue weighted by Crippen LogP contribution is 2.28. The minimum Gasteiger partial charge on any atom is -0.378 e. The van der Waals surface area contributed by atoms with Gasteiger partial charge in [-0.2, -0.15) is 0 Å². The molecule has 2 aromatic heterocycles. The second-order valence-electron chi connectivity index (χ2n) is 8.61. The van der Waals surface area contributed by atoms with Crippen LogP contribution < -0.4 is 10.2 Å². The number of anilines is 2. The minimum atomic E-state index is -0.176. The molecule has 32 heavy (non-hydrogen) atoms. The van der Waals surface area contributed by atoms with Gasteiger partial charge in [-0.15, -0.1) is 10.2 Å². The number of hydrogen-bond acceptors (Lipinski definition) is 6. The first kappa shape index (κ1) is 20.9. The summed E-state index contributed by atoms with van der Waals surface area (Å²) in [5, 5.41) is 11.8. The summed E-state index contributed by atoms with van der Waals surface area (Å²) in [5.41, 5.74) is 2.89. The maximum Gasteiger partial charge on any atom is 0.241 e. The largest absolute Gasteiger partial charge is 0.378 e. The summed E-state index contributed by atoms with van der Waals surface area (Å²) in [4.78, 5) is 17.4. The van der Waals surface area contributed by atoms with Crippen LogP contribution in [-0.2, 0) is 9.53 Å². The van der Waals surface area contributed by atoms with E-state index in [9.17, 15) is 4.79 Å². The Hall–Kier alpha value is -2.97. The predicted molar refractivity (Wildman–Crippen MR) is 124 cm³/mol. The van der Waals surface area contributed by atoms with Crippen LogP contribution in [0.1, 0.15) is 31.5 Å². The number of rotatable bonds is 5. The summed E-state index contributed by atoms with van der Waals surface area (Å²) in [6.45, 7) is 7.07. The SMILES string of the molecule is CC(C(=O)Nc1ccc(N2CCOCC2)cc1)N1CCC(c2nnc3ccccn23)CC1. The van der Waals surface area contributed by atoms with Gasteiger partial charge in [0.05, 0.1) is 19.3 Å². The van der Waals surface area contributed by atoms with Crippen LogP contribution >= 0.6 is 0 Å². The number of morpholine rings is 1. The molecular formula is C24H30N6O2. The van der Waals surface area contributed by atoms with Crippen LogP contribution in [0.4, 0.5) is 11.4 Å². The lowest BCUT2D eigenvalue weighted by Crippen LogP contribution is -2.45. The maximum absolute atomic E-state index is 12.9. The van der Waals surface area contributed by atoms with E-state index in [0.29, 0.717) is 5.92 Å². The second kappa shape index (κ2) is 9.26. The zero-order valence-corrected chi connectivity index (χ0v) is 18.5. The Morgan fingerprint density at radius 1 is 1.03 bits per heavy atom. The lowest BCUT2D eigenvalue weighted by atomic mass is 9.95. The molecule has 8 heteroatoms. The molecule has 0 spiro atoms.